The van der Waals surface area contributed by atoms with Gasteiger partial charge in [-0.05, 0) is 26.7 Å². The predicted molar refractivity (Wildman–Crippen MR) is 46.4 cm³/mol. The van der Waals surface area contributed by atoms with Crippen molar-refractivity contribution in [3.8, 4) is 0 Å². The maximum atomic E-state index is 8.91. The van der Waals surface area contributed by atoms with Gasteiger partial charge in [-0.1, -0.05) is 19.3 Å². The maximum absolute atomic E-state index is 8.91. The Balaban J connectivity index is 2.91. The molecule has 0 saturated heterocycles. The Bertz CT molecular complexity index is 69.6. The van der Waals surface area contributed by atoms with Crippen LogP contribution in [0.2, 0.25) is 0 Å². The smallest absolute Gasteiger partial charge is 0.0512 e. The lowest BCUT2D eigenvalue weighted by molar-refractivity contribution is 0.171. The normalized spacial score (nSPS) is 16.4. The Morgan fingerprint density at radius 2 is 1.18 bits per heavy atom. The van der Waals surface area contributed by atoms with Crippen LogP contribution in [-0.2, 0) is 0 Å². The first-order valence-electron chi connectivity index (χ1n) is 4.49. The molecular formula is C9H20O2. The Kier molecular flexibility index (Phi) is 6.57. The summed E-state index contributed by atoms with van der Waals surface area (Å²) in [5.41, 5.74) is 0. The van der Waals surface area contributed by atoms with Gasteiger partial charge in [0.1, 0.15) is 0 Å². The first kappa shape index (κ1) is 10.9. The summed E-state index contributed by atoms with van der Waals surface area (Å²) in [6.07, 6.45) is 4.72. The van der Waals surface area contributed by atoms with Gasteiger partial charge in [-0.15, -0.1) is 0 Å². The zero-order valence-corrected chi connectivity index (χ0v) is 7.58. The first-order chi connectivity index (χ1) is 5.13. The van der Waals surface area contributed by atoms with E-state index in [9.17, 15) is 0 Å². The van der Waals surface area contributed by atoms with Crippen LogP contribution in [0.3, 0.4) is 0 Å². The topological polar surface area (TPSA) is 40.5 Å². The molecule has 2 heteroatoms. The Hall–Kier alpha value is -0.0800. The summed E-state index contributed by atoms with van der Waals surface area (Å²) in [7, 11) is 0. The summed E-state index contributed by atoms with van der Waals surface area (Å²) in [4.78, 5) is 0. The van der Waals surface area contributed by atoms with Crippen molar-refractivity contribution in [2.45, 2.75) is 58.2 Å². The standard InChI is InChI=1S/C9H20O2/c1-8(10)6-4-3-5-7-9(2)11/h8-11H,3-7H2,1-2H3/t8-,9-/m0/s1. The van der Waals surface area contributed by atoms with E-state index in [0.717, 1.165) is 32.1 Å². The van der Waals surface area contributed by atoms with Gasteiger partial charge in [0.15, 0.2) is 0 Å². The van der Waals surface area contributed by atoms with Crippen LogP contribution < -0.4 is 0 Å². The Morgan fingerprint density at radius 3 is 1.45 bits per heavy atom. The van der Waals surface area contributed by atoms with E-state index in [1.165, 1.54) is 0 Å². The lowest BCUT2D eigenvalue weighted by atomic mass is 10.1. The van der Waals surface area contributed by atoms with Gasteiger partial charge in [0.25, 0.3) is 0 Å². The number of aliphatic hydroxyl groups is 2. The molecule has 0 aromatic carbocycles. The number of unbranched alkanes of at least 4 members (excludes halogenated alkanes) is 2. The van der Waals surface area contributed by atoms with Gasteiger partial charge in [0.05, 0.1) is 12.2 Å². The van der Waals surface area contributed by atoms with Gasteiger partial charge in [0, 0.05) is 0 Å². The van der Waals surface area contributed by atoms with E-state index < -0.39 is 0 Å². The van der Waals surface area contributed by atoms with Crippen molar-refractivity contribution in [1.82, 2.24) is 0 Å². The molecule has 0 aliphatic carbocycles. The van der Waals surface area contributed by atoms with Crippen LogP contribution in [-0.4, -0.2) is 22.4 Å². The van der Waals surface area contributed by atoms with E-state index in [4.69, 9.17) is 10.2 Å². The van der Waals surface area contributed by atoms with Crippen LogP contribution in [0, 0.1) is 0 Å². The lowest BCUT2D eigenvalue weighted by Crippen LogP contribution is -2.00. The van der Waals surface area contributed by atoms with Gasteiger partial charge >= 0.3 is 0 Å². The molecule has 0 spiro atoms. The fraction of sp³-hybridized carbons (Fsp3) is 1.00. The number of aliphatic hydroxyl groups excluding tert-OH is 2. The first-order valence-corrected chi connectivity index (χ1v) is 4.49. The molecule has 0 amide bonds. The Labute approximate surface area is 69.2 Å². The van der Waals surface area contributed by atoms with Crippen LogP contribution in [0.25, 0.3) is 0 Å². The van der Waals surface area contributed by atoms with Crippen LogP contribution >= 0.6 is 0 Å². The average Bonchev–Trinajstić information content (AvgIpc) is 1.85. The minimum atomic E-state index is -0.165. The van der Waals surface area contributed by atoms with E-state index >= 15 is 0 Å². The second kappa shape index (κ2) is 6.62. The highest BCUT2D eigenvalue weighted by molar-refractivity contribution is 4.51. The van der Waals surface area contributed by atoms with Crippen LogP contribution in [0.15, 0.2) is 0 Å². The third kappa shape index (κ3) is 9.92. The molecule has 0 rings (SSSR count). The zero-order valence-electron chi connectivity index (χ0n) is 7.58. The second-order valence-corrected chi connectivity index (χ2v) is 3.34. The molecular weight excluding hydrogens is 140 g/mol. The largest absolute Gasteiger partial charge is 0.393 e. The maximum Gasteiger partial charge on any atom is 0.0512 e. The van der Waals surface area contributed by atoms with E-state index in [1.54, 1.807) is 0 Å². The fourth-order valence-corrected chi connectivity index (χ4v) is 1.06. The summed E-state index contributed by atoms with van der Waals surface area (Å²) >= 11 is 0. The Morgan fingerprint density at radius 1 is 0.818 bits per heavy atom. The van der Waals surface area contributed by atoms with Crippen LogP contribution in [0.5, 0.6) is 0 Å². The molecule has 0 aromatic heterocycles. The minimum Gasteiger partial charge on any atom is -0.393 e. The summed E-state index contributed by atoms with van der Waals surface area (Å²) in [5, 5.41) is 17.8. The molecule has 0 aliphatic rings. The molecule has 0 aliphatic heterocycles. The van der Waals surface area contributed by atoms with Crippen LogP contribution in [0.4, 0.5) is 0 Å². The van der Waals surface area contributed by atoms with Crippen molar-refractivity contribution in [3.05, 3.63) is 0 Å². The highest BCUT2D eigenvalue weighted by Gasteiger charge is 1.97. The summed E-state index contributed by atoms with van der Waals surface area (Å²) in [6.45, 7) is 3.63. The average molecular weight is 160 g/mol. The summed E-state index contributed by atoms with van der Waals surface area (Å²) in [5.74, 6) is 0. The molecule has 0 heterocycles. The van der Waals surface area contributed by atoms with E-state index in [0.29, 0.717) is 0 Å². The van der Waals surface area contributed by atoms with Crippen LogP contribution in [0.1, 0.15) is 46.0 Å². The second-order valence-electron chi connectivity index (χ2n) is 3.34. The third-order valence-electron chi connectivity index (χ3n) is 1.74. The fourth-order valence-electron chi connectivity index (χ4n) is 1.06. The summed E-state index contributed by atoms with van der Waals surface area (Å²) < 4.78 is 0. The van der Waals surface area contributed by atoms with Crippen molar-refractivity contribution < 1.29 is 10.2 Å². The highest BCUT2D eigenvalue weighted by atomic mass is 16.3. The minimum absolute atomic E-state index is 0.165. The zero-order chi connectivity index (χ0) is 8.69. The van der Waals surface area contributed by atoms with Gasteiger partial charge in [-0.25, -0.2) is 0 Å². The molecule has 68 valence electrons. The van der Waals surface area contributed by atoms with Gasteiger partial charge in [-0.2, -0.15) is 0 Å². The molecule has 0 unspecified atom stereocenters. The summed E-state index contributed by atoms with van der Waals surface area (Å²) in [6, 6.07) is 0. The molecule has 11 heavy (non-hydrogen) atoms. The quantitative estimate of drug-likeness (QED) is 0.581. The molecule has 0 aromatic rings. The van der Waals surface area contributed by atoms with Crippen molar-refractivity contribution in [2.75, 3.05) is 0 Å². The van der Waals surface area contributed by atoms with E-state index in [-0.39, 0.29) is 12.2 Å². The molecule has 2 nitrogen and oxygen atoms in total. The molecule has 0 radical (unpaired) electrons. The number of hydrogen-bond donors (Lipinski definition) is 2. The van der Waals surface area contributed by atoms with Crippen molar-refractivity contribution in [2.24, 2.45) is 0 Å². The van der Waals surface area contributed by atoms with Gasteiger partial charge in [-0.3, -0.25) is 0 Å². The number of hydrogen-bond acceptors (Lipinski definition) is 2. The molecule has 0 fully saturated rings. The van der Waals surface area contributed by atoms with E-state index in [2.05, 4.69) is 0 Å². The SMILES string of the molecule is C[C@H](O)CCCCC[C@H](C)O. The predicted octanol–water partition coefficient (Wildman–Crippen LogP) is 1.70. The molecule has 0 saturated carbocycles. The lowest BCUT2D eigenvalue weighted by Gasteiger charge is -2.04. The number of rotatable bonds is 6. The third-order valence-corrected chi connectivity index (χ3v) is 1.74. The van der Waals surface area contributed by atoms with Gasteiger partial charge < -0.3 is 10.2 Å². The van der Waals surface area contributed by atoms with Gasteiger partial charge in [0.2, 0.25) is 0 Å². The molecule has 0 bridgehead atoms. The monoisotopic (exact) mass is 160 g/mol. The molecule has 2 N–H and O–H groups in total. The van der Waals surface area contributed by atoms with E-state index in [1.807, 2.05) is 13.8 Å². The molecule has 2 atom stereocenters. The van der Waals surface area contributed by atoms with Crippen molar-refractivity contribution in [3.63, 3.8) is 0 Å². The highest BCUT2D eigenvalue weighted by Crippen LogP contribution is 2.06. The van der Waals surface area contributed by atoms with Crippen molar-refractivity contribution >= 4 is 0 Å². The van der Waals surface area contributed by atoms with Crippen molar-refractivity contribution in [1.29, 1.82) is 0 Å².